The number of carbonyl (C=O) groups is 1. The number of carbonyl (C=O) groups excluding carboxylic acids is 1. The van der Waals surface area contributed by atoms with Gasteiger partial charge in [-0.15, -0.1) is 0 Å². The molecule has 2 rings (SSSR count). The number of urea groups is 1. The highest BCUT2D eigenvalue weighted by Gasteiger charge is 2.10. The summed E-state index contributed by atoms with van der Waals surface area (Å²) < 4.78 is 0. The average molecular weight is 315 g/mol. The summed E-state index contributed by atoms with van der Waals surface area (Å²) in [4.78, 5) is 28.5. The summed E-state index contributed by atoms with van der Waals surface area (Å²) in [5, 5.41) is 5.48. The minimum absolute atomic E-state index is 0.211. The maximum atomic E-state index is 11.9. The summed E-state index contributed by atoms with van der Waals surface area (Å²) in [6.45, 7) is 0.211. The van der Waals surface area contributed by atoms with Gasteiger partial charge in [-0.05, 0) is 12.1 Å². The predicted molar refractivity (Wildman–Crippen MR) is 90.8 cm³/mol. The van der Waals surface area contributed by atoms with Crippen molar-refractivity contribution in [3.8, 4) is 0 Å². The smallest absolute Gasteiger partial charge is 0.319 e. The fourth-order valence-electron chi connectivity index (χ4n) is 1.73. The lowest BCUT2D eigenvalue weighted by Crippen LogP contribution is -2.30. The molecule has 1 heterocycles. The normalized spacial score (nSPS) is 10.1. The molecule has 0 aliphatic heterocycles. The first-order valence-corrected chi connectivity index (χ1v) is 7.15. The lowest BCUT2D eigenvalue weighted by Gasteiger charge is -2.16. The quantitative estimate of drug-likeness (QED) is 0.865. The SMILES string of the molecule is CN(C)c1nc(CNC(=O)Nc2ccccc2)nc(N(C)C)n1. The van der Waals surface area contributed by atoms with Gasteiger partial charge in [0.1, 0.15) is 0 Å². The molecule has 1 aromatic carbocycles. The number of hydrogen-bond donors (Lipinski definition) is 2. The van der Waals surface area contributed by atoms with Gasteiger partial charge < -0.3 is 20.4 Å². The molecule has 0 aliphatic carbocycles. The topological polar surface area (TPSA) is 86.3 Å². The zero-order valence-electron chi connectivity index (χ0n) is 13.7. The van der Waals surface area contributed by atoms with Crippen molar-refractivity contribution in [2.45, 2.75) is 6.54 Å². The molecular formula is C15H21N7O. The maximum Gasteiger partial charge on any atom is 0.319 e. The molecule has 0 spiro atoms. The Labute approximate surface area is 135 Å². The first kappa shape index (κ1) is 16.5. The van der Waals surface area contributed by atoms with E-state index in [1.807, 2.05) is 58.5 Å². The maximum absolute atomic E-state index is 11.9. The minimum Gasteiger partial charge on any atom is -0.347 e. The molecule has 0 unspecified atom stereocenters. The van der Waals surface area contributed by atoms with Gasteiger partial charge in [-0.3, -0.25) is 0 Å². The Bertz CT molecular complexity index is 632. The molecule has 0 radical (unpaired) electrons. The summed E-state index contributed by atoms with van der Waals surface area (Å²) in [7, 11) is 7.42. The van der Waals surface area contributed by atoms with Gasteiger partial charge in [0.25, 0.3) is 0 Å². The number of aromatic nitrogens is 3. The summed E-state index contributed by atoms with van der Waals surface area (Å²) in [5.74, 6) is 1.59. The Hall–Kier alpha value is -2.90. The highest BCUT2D eigenvalue weighted by molar-refractivity contribution is 5.89. The fourth-order valence-corrected chi connectivity index (χ4v) is 1.73. The van der Waals surface area contributed by atoms with E-state index in [1.165, 1.54) is 0 Å². The number of rotatable bonds is 5. The van der Waals surface area contributed by atoms with Gasteiger partial charge in [0, 0.05) is 33.9 Å². The third-order valence-corrected chi connectivity index (χ3v) is 2.90. The second-order valence-corrected chi connectivity index (χ2v) is 5.31. The van der Waals surface area contributed by atoms with Crippen LogP contribution in [-0.4, -0.2) is 49.2 Å². The van der Waals surface area contributed by atoms with Crippen molar-refractivity contribution in [1.82, 2.24) is 20.3 Å². The number of hydrogen-bond acceptors (Lipinski definition) is 6. The van der Waals surface area contributed by atoms with Gasteiger partial charge >= 0.3 is 6.03 Å². The van der Waals surface area contributed by atoms with E-state index < -0.39 is 0 Å². The van der Waals surface area contributed by atoms with Crippen LogP contribution in [-0.2, 0) is 6.54 Å². The Morgan fingerprint density at radius 1 is 0.957 bits per heavy atom. The molecule has 0 bridgehead atoms. The molecule has 0 saturated heterocycles. The van der Waals surface area contributed by atoms with Gasteiger partial charge in [0.15, 0.2) is 5.82 Å². The Balaban J connectivity index is 2.03. The van der Waals surface area contributed by atoms with Crippen molar-refractivity contribution in [1.29, 1.82) is 0 Å². The Morgan fingerprint density at radius 2 is 1.52 bits per heavy atom. The van der Waals surface area contributed by atoms with Crippen molar-refractivity contribution in [3.05, 3.63) is 36.2 Å². The Morgan fingerprint density at radius 3 is 2.04 bits per heavy atom. The number of benzene rings is 1. The highest BCUT2D eigenvalue weighted by Crippen LogP contribution is 2.10. The Kier molecular flexibility index (Phi) is 5.29. The van der Waals surface area contributed by atoms with E-state index in [0.29, 0.717) is 17.7 Å². The molecule has 23 heavy (non-hydrogen) atoms. The molecule has 0 atom stereocenters. The predicted octanol–water partition coefficient (Wildman–Crippen LogP) is 1.33. The second kappa shape index (κ2) is 7.39. The second-order valence-electron chi connectivity index (χ2n) is 5.31. The monoisotopic (exact) mass is 315 g/mol. The molecule has 0 aliphatic rings. The van der Waals surface area contributed by atoms with Crippen molar-refractivity contribution >= 4 is 23.6 Å². The summed E-state index contributed by atoms with van der Waals surface area (Å²) in [6, 6.07) is 8.92. The lowest BCUT2D eigenvalue weighted by atomic mass is 10.3. The molecule has 0 saturated carbocycles. The van der Waals surface area contributed by atoms with E-state index in [9.17, 15) is 4.79 Å². The minimum atomic E-state index is -0.311. The van der Waals surface area contributed by atoms with Gasteiger partial charge in [-0.2, -0.15) is 15.0 Å². The molecule has 2 aromatic rings. The van der Waals surface area contributed by atoms with E-state index in [1.54, 1.807) is 9.80 Å². The molecule has 0 fully saturated rings. The van der Waals surface area contributed by atoms with Crippen LogP contribution < -0.4 is 20.4 Å². The fraction of sp³-hybridized carbons (Fsp3) is 0.333. The van der Waals surface area contributed by atoms with Crippen molar-refractivity contribution in [3.63, 3.8) is 0 Å². The van der Waals surface area contributed by atoms with Gasteiger partial charge in [-0.25, -0.2) is 4.79 Å². The summed E-state index contributed by atoms with van der Waals surface area (Å²) in [6.07, 6.45) is 0. The molecule has 1 aromatic heterocycles. The highest BCUT2D eigenvalue weighted by atomic mass is 16.2. The molecule has 2 N–H and O–H groups in total. The first-order valence-electron chi connectivity index (χ1n) is 7.15. The number of anilines is 3. The van der Waals surface area contributed by atoms with Crippen LogP contribution in [0.25, 0.3) is 0 Å². The number of nitrogens with one attached hydrogen (secondary N) is 2. The third-order valence-electron chi connectivity index (χ3n) is 2.90. The summed E-state index contributed by atoms with van der Waals surface area (Å²) >= 11 is 0. The van der Waals surface area contributed by atoms with Gasteiger partial charge in [-0.1, -0.05) is 18.2 Å². The van der Waals surface area contributed by atoms with E-state index in [4.69, 9.17) is 0 Å². The molecular weight excluding hydrogens is 294 g/mol. The van der Waals surface area contributed by atoms with Gasteiger partial charge in [0.2, 0.25) is 11.9 Å². The lowest BCUT2D eigenvalue weighted by molar-refractivity contribution is 0.251. The van der Waals surface area contributed by atoms with E-state index in [-0.39, 0.29) is 12.6 Å². The van der Waals surface area contributed by atoms with E-state index in [2.05, 4.69) is 25.6 Å². The largest absolute Gasteiger partial charge is 0.347 e. The van der Waals surface area contributed by atoms with Crippen molar-refractivity contribution in [2.24, 2.45) is 0 Å². The first-order chi connectivity index (χ1) is 11.0. The van der Waals surface area contributed by atoms with Crippen LogP contribution >= 0.6 is 0 Å². The number of para-hydroxylation sites is 1. The molecule has 122 valence electrons. The average Bonchev–Trinajstić information content (AvgIpc) is 2.53. The van der Waals surface area contributed by atoms with E-state index in [0.717, 1.165) is 5.69 Å². The van der Waals surface area contributed by atoms with E-state index >= 15 is 0 Å². The van der Waals surface area contributed by atoms with Crippen molar-refractivity contribution in [2.75, 3.05) is 43.3 Å². The molecule has 8 nitrogen and oxygen atoms in total. The van der Waals surface area contributed by atoms with Gasteiger partial charge in [0.05, 0.1) is 6.54 Å². The molecule has 8 heteroatoms. The van der Waals surface area contributed by atoms with Crippen LogP contribution in [0.5, 0.6) is 0 Å². The van der Waals surface area contributed by atoms with Crippen LogP contribution in [0, 0.1) is 0 Å². The van der Waals surface area contributed by atoms with Crippen LogP contribution in [0.2, 0.25) is 0 Å². The number of amides is 2. The van der Waals surface area contributed by atoms with Crippen LogP contribution in [0.1, 0.15) is 5.82 Å². The van der Waals surface area contributed by atoms with Crippen molar-refractivity contribution < 1.29 is 4.79 Å². The van der Waals surface area contributed by atoms with Crippen LogP contribution in [0.15, 0.2) is 30.3 Å². The zero-order valence-corrected chi connectivity index (χ0v) is 13.7. The summed E-state index contributed by atoms with van der Waals surface area (Å²) in [5.41, 5.74) is 0.726. The zero-order chi connectivity index (χ0) is 16.8. The van der Waals surface area contributed by atoms with Crippen LogP contribution in [0.4, 0.5) is 22.4 Å². The third kappa shape index (κ3) is 4.80. The standard InChI is InChI=1S/C15H21N7O/c1-21(2)13-18-12(19-14(20-13)22(3)4)10-16-15(23)17-11-8-6-5-7-9-11/h5-9H,10H2,1-4H3,(H2,16,17,23). The molecule has 2 amide bonds. The van der Waals surface area contributed by atoms with Crippen LogP contribution in [0.3, 0.4) is 0 Å². The number of nitrogens with zero attached hydrogens (tertiary/aromatic N) is 5.